The zero-order valence-electron chi connectivity index (χ0n) is 15.0. The Morgan fingerprint density at radius 2 is 2.07 bits per heavy atom. The summed E-state index contributed by atoms with van der Waals surface area (Å²) in [6.07, 6.45) is 1.62. The van der Waals surface area contributed by atoms with Crippen molar-refractivity contribution in [2.24, 2.45) is 0 Å². The average Bonchev–Trinajstić information content (AvgIpc) is 3.21. The van der Waals surface area contributed by atoms with Gasteiger partial charge in [0, 0.05) is 37.3 Å². The Bertz CT molecular complexity index is 804. The summed E-state index contributed by atoms with van der Waals surface area (Å²) in [4.78, 5) is 27.0. The zero-order valence-corrected chi connectivity index (χ0v) is 15.8. The Morgan fingerprint density at radius 1 is 1.33 bits per heavy atom. The molecule has 0 spiro atoms. The summed E-state index contributed by atoms with van der Waals surface area (Å²) in [7, 11) is 0. The molecular weight excluding hydrogens is 372 g/mol. The standard InChI is InChI=1S/C18H21ClN4O4/c1-13(17-3-2-10-27-17)20-12-18(24)22-8-6-21(7-9-22)15-5-4-14(19)11-16(15)23(25)26/h2-5,10-11,13,20H,6-9,12H2,1H3/p+1/t13-/m1/s1. The molecular formula is C18H22ClN4O4+. The summed E-state index contributed by atoms with van der Waals surface area (Å²) in [6.45, 7) is 4.47. The van der Waals surface area contributed by atoms with Gasteiger partial charge in [0.05, 0.1) is 11.2 Å². The summed E-state index contributed by atoms with van der Waals surface area (Å²) >= 11 is 5.88. The maximum Gasteiger partial charge on any atom is 0.294 e. The molecule has 8 nitrogen and oxygen atoms in total. The van der Waals surface area contributed by atoms with E-state index in [9.17, 15) is 14.9 Å². The van der Waals surface area contributed by atoms with Crippen molar-refractivity contribution in [3.05, 3.63) is 57.5 Å². The Kier molecular flexibility index (Phi) is 5.98. The Balaban J connectivity index is 1.54. The molecule has 1 aliphatic heterocycles. The van der Waals surface area contributed by atoms with E-state index in [0.717, 1.165) is 5.76 Å². The van der Waals surface area contributed by atoms with E-state index in [4.69, 9.17) is 16.0 Å². The van der Waals surface area contributed by atoms with Crippen LogP contribution in [0.4, 0.5) is 11.4 Å². The van der Waals surface area contributed by atoms with E-state index in [1.807, 2.05) is 29.3 Å². The lowest BCUT2D eigenvalue weighted by atomic mass is 10.2. The largest absolute Gasteiger partial charge is 0.463 e. The maximum absolute atomic E-state index is 12.5. The number of carbonyl (C=O) groups excluding carboxylic acids is 1. The Hall–Kier alpha value is -2.58. The van der Waals surface area contributed by atoms with Crippen LogP contribution in [0.3, 0.4) is 0 Å². The van der Waals surface area contributed by atoms with Gasteiger partial charge in [-0.1, -0.05) is 11.6 Å². The highest BCUT2D eigenvalue weighted by Gasteiger charge is 2.27. The zero-order chi connectivity index (χ0) is 19.4. The number of furan rings is 1. The van der Waals surface area contributed by atoms with Crippen molar-refractivity contribution in [1.29, 1.82) is 0 Å². The molecule has 144 valence electrons. The number of amides is 1. The monoisotopic (exact) mass is 393 g/mol. The van der Waals surface area contributed by atoms with Gasteiger partial charge in [-0.05, 0) is 31.2 Å². The summed E-state index contributed by atoms with van der Waals surface area (Å²) < 4.78 is 5.35. The second kappa shape index (κ2) is 8.41. The molecule has 2 N–H and O–H groups in total. The van der Waals surface area contributed by atoms with Crippen molar-refractivity contribution >= 4 is 28.9 Å². The third-order valence-corrected chi connectivity index (χ3v) is 4.98. The number of benzene rings is 1. The molecule has 1 saturated heterocycles. The fourth-order valence-electron chi connectivity index (χ4n) is 3.18. The minimum atomic E-state index is -0.427. The number of halogens is 1. The van der Waals surface area contributed by atoms with Crippen molar-refractivity contribution in [3.63, 3.8) is 0 Å². The molecule has 1 fully saturated rings. The van der Waals surface area contributed by atoms with E-state index < -0.39 is 4.92 Å². The number of anilines is 1. The molecule has 1 atom stereocenters. The second-order valence-electron chi connectivity index (χ2n) is 6.50. The lowest BCUT2D eigenvalue weighted by molar-refractivity contribution is -0.685. The molecule has 1 aromatic carbocycles. The van der Waals surface area contributed by atoms with E-state index in [1.54, 1.807) is 23.3 Å². The van der Waals surface area contributed by atoms with Crippen LogP contribution in [0, 0.1) is 10.1 Å². The average molecular weight is 394 g/mol. The van der Waals surface area contributed by atoms with Crippen molar-refractivity contribution in [2.75, 3.05) is 37.6 Å². The van der Waals surface area contributed by atoms with Gasteiger partial charge in [-0.15, -0.1) is 0 Å². The number of carbonyl (C=O) groups is 1. The highest BCUT2D eigenvalue weighted by molar-refractivity contribution is 6.30. The lowest BCUT2D eigenvalue weighted by Gasteiger charge is -2.35. The van der Waals surface area contributed by atoms with Crippen molar-refractivity contribution < 1.29 is 19.5 Å². The smallest absolute Gasteiger partial charge is 0.294 e. The molecule has 0 aliphatic carbocycles. The van der Waals surface area contributed by atoms with Crippen LogP contribution in [0.15, 0.2) is 41.0 Å². The first-order valence-electron chi connectivity index (χ1n) is 8.79. The molecule has 0 bridgehead atoms. The highest BCUT2D eigenvalue weighted by Crippen LogP contribution is 2.31. The molecule has 1 amide bonds. The van der Waals surface area contributed by atoms with Crippen LogP contribution in [0.1, 0.15) is 18.7 Å². The highest BCUT2D eigenvalue weighted by atomic mass is 35.5. The van der Waals surface area contributed by atoms with Gasteiger partial charge in [-0.2, -0.15) is 0 Å². The Labute approximate surface area is 161 Å². The molecule has 9 heteroatoms. The van der Waals surface area contributed by atoms with Gasteiger partial charge >= 0.3 is 0 Å². The van der Waals surface area contributed by atoms with Gasteiger partial charge in [-0.25, -0.2) is 0 Å². The molecule has 0 saturated carbocycles. The molecule has 27 heavy (non-hydrogen) atoms. The molecule has 1 aromatic heterocycles. The number of nitro groups is 1. The van der Waals surface area contributed by atoms with Crippen LogP contribution >= 0.6 is 11.6 Å². The SMILES string of the molecule is C[C@@H]([NH2+]CC(=O)N1CCN(c2ccc(Cl)cc2[N+](=O)[O-])CC1)c1ccco1. The van der Waals surface area contributed by atoms with E-state index in [2.05, 4.69) is 0 Å². The fraction of sp³-hybridized carbons (Fsp3) is 0.389. The maximum atomic E-state index is 12.5. The van der Waals surface area contributed by atoms with Crippen LogP contribution in [0.2, 0.25) is 5.02 Å². The van der Waals surface area contributed by atoms with E-state index in [1.165, 1.54) is 6.07 Å². The predicted octanol–water partition coefficient (Wildman–Crippen LogP) is 1.81. The van der Waals surface area contributed by atoms with Gasteiger partial charge in [0.25, 0.3) is 11.6 Å². The fourth-order valence-corrected chi connectivity index (χ4v) is 3.35. The quantitative estimate of drug-likeness (QED) is 0.596. The van der Waals surface area contributed by atoms with Crippen LogP contribution in [0.5, 0.6) is 0 Å². The summed E-state index contributed by atoms with van der Waals surface area (Å²) in [5.41, 5.74) is 0.525. The number of piperazine rings is 1. The molecule has 0 radical (unpaired) electrons. The summed E-state index contributed by atoms with van der Waals surface area (Å²) in [6, 6.07) is 8.46. The number of nitro benzene ring substituents is 1. The normalized spacial score (nSPS) is 15.6. The van der Waals surface area contributed by atoms with Crippen LogP contribution in [-0.2, 0) is 4.79 Å². The van der Waals surface area contributed by atoms with Gasteiger partial charge < -0.3 is 19.5 Å². The van der Waals surface area contributed by atoms with Gasteiger partial charge in [0.2, 0.25) is 0 Å². The number of nitrogens with zero attached hydrogens (tertiary/aromatic N) is 3. The van der Waals surface area contributed by atoms with Crippen LogP contribution in [0.25, 0.3) is 0 Å². The van der Waals surface area contributed by atoms with Gasteiger partial charge in [0.15, 0.2) is 12.3 Å². The minimum absolute atomic E-state index is 0.0112. The van der Waals surface area contributed by atoms with Crippen LogP contribution < -0.4 is 10.2 Å². The first-order valence-corrected chi connectivity index (χ1v) is 9.17. The number of rotatable bonds is 6. The van der Waals surface area contributed by atoms with Crippen molar-refractivity contribution in [3.8, 4) is 0 Å². The molecule has 1 aliphatic rings. The molecule has 2 heterocycles. The lowest BCUT2D eigenvalue weighted by Crippen LogP contribution is -2.87. The molecule has 0 unspecified atom stereocenters. The Morgan fingerprint density at radius 3 is 2.70 bits per heavy atom. The van der Waals surface area contributed by atoms with Gasteiger partial charge in [0.1, 0.15) is 11.7 Å². The molecule has 2 aromatic rings. The van der Waals surface area contributed by atoms with E-state index >= 15 is 0 Å². The third kappa shape index (κ3) is 4.58. The minimum Gasteiger partial charge on any atom is -0.463 e. The summed E-state index contributed by atoms with van der Waals surface area (Å²) in [5.74, 6) is 0.890. The number of hydrogen-bond donors (Lipinski definition) is 1. The van der Waals surface area contributed by atoms with Crippen LogP contribution in [-0.4, -0.2) is 48.5 Å². The predicted molar refractivity (Wildman–Crippen MR) is 101 cm³/mol. The first kappa shape index (κ1) is 19.2. The number of quaternary nitrogens is 1. The number of hydrogen-bond acceptors (Lipinski definition) is 5. The summed E-state index contributed by atoms with van der Waals surface area (Å²) in [5, 5.41) is 13.6. The number of nitrogens with two attached hydrogens (primary N) is 1. The topological polar surface area (TPSA) is 96.4 Å². The van der Waals surface area contributed by atoms with Gasteiger partial charge in [-0.3, -0.25) is 14.9 Å². The van der Waals surface area contributed by atoms with E-state index in [0.29, 0.717) is 43.4 Å². The third-order valence-electron chi connectivity index (χ3n) is 4.75. The van der Waals surface area contributed by atoms with Crippen molar-refractivity contribution in [1.82, 2.24) is 4.90 Å². The van der Waals surface area contributed by atoms with E-state index in [-0.39, 0.29) is 17.6 Å². The first-order chi connectivity index (χ1) is 13.0. The molecule has 3 rings (SSSR count). The second-order valence-corrected chi connectivity index (χ2v) is 6.94. The van der Waals surface area contributed by atoms with Crippen molar-refractivity contribution in [2.45, 2.75) is 13.0 Å².